The number of methoxy groups -OCH3 is 1. The van der Waals surface area contributed by atoms with Crippen molar-refractivity contribution in [2.45, 2.75) is 19.4 Å². The second-order valence-corrected chi connectivity index (χ2v) is 4.23. The molecule has 94 valence electrons. The van der Waals surface area contributed by atoms with E-state index in [0.29, 0.717) is 24.5 Å². The summed E-state index contributed by atoms with van der Waals surface area (Å²) in [4.78, 5) is 15.9. The Morgan fingerprint density at radius 3 is 2.94 bits per heavy atom. The molecule has 0 aliphatic carbocycles. The highest BCUT2D eigenvalue weighted by atomic mass is 35.5. The first-order valence-electron chi connectivity index (χ1n) is 5.44. The number of carbonyl (C=O) groups is 1. The minimum atomic E-state index is -0.145. The largest absolute Gasteiger partial charge is 0.383 e. The van der Waals surface area contributed by atoms with Gasteiger partial charge in [0.2, 0.25) is 0 Å². The fourth-order valence-electron chi connectivity index (χ4n) is 1.48. The van der Waals surface area contributed by atoms with Gasteiger partial charge in [-0.05, 0) is 25.0 Å². The summed E-state index contributed by atoms with van der Waals surface area (Å²) in [5.41, 5.74) is 1.51. The number of amides is 1. The van der Waals surface area contributed by atoms with E-state index in [1.54, 1.807) is 25.6 Å². The SMILES string of the molecule is COCC(CCCl)NC(=O)c1cncc(C)c1. The molecule has 1 heterocycles. The van der Waals surface area contributed by atoms with E-state index in [1.165, 1.54) is 0 Å². The average Bonchev–Trinajstić information content (AvgIpc) is 2.29. The molecule has 4 nitrogen and oxygen atoms in total. The van der Waals surface area contributed by atoms with E-state index in [-0.39, 0.29) is 11.9 Å². The molecule has 1 aromatic heterocycles. The van der Waals surface area contributed by atoms with Gasteiger partial charge in [-0.3, -0.25) is 9.78 Å². The summed E-state index contributed by atoms with van der Waals surface area (Å²) in [6.45, 7) is 2.35. The van der Waals surface area contributed by atoms with Gasteiger partial charge in [0.05, 0.1) is 18.2 Å². The van der Waals surface area contributed by atoms with Gasteiger partial charge in [0.25, 0.3) is 5.91 Å². The number of hydrogen-bond acceptors (Lipinski definition) is 3. The van der Waals surface area contributed by atoms with Crippen molar-refractivity contribution in [2.75, 3.05) is 19.6 Å². The molecule has 0 aromatic carbocycles. The van der Waals surface area contributed by atoms with Gasteiger partial charge in [0.15, 0.2) is 0 Å². The standard InChI is InChI=1S/C12H17ClN2O2/c1-9-5-10(7-14-6-9)12(16)15-11(3-4-13)8-17-2/h5-7,11H,3-4,8H2,1-2H3,(H,15,16). The Balaban J connectivity index is 2.63. The highest BCUT2D eigenvalue weighted by Gasteiger charge is 2.13. The monoisotopic (exact) mass is 256 g/mol. The third-order valence-electron chi connectivity index (χ3n) is 2.30. The van der Waals surface area contributed by atoms with Crippen LogP contribution in [0.15, 0.2) is 18.5 Å². The van der Waals surface area contributed by atoms with Crippen LogP contribution in [0.2, 0.25) is 0 Å². The van der Waals surface area contributed by atoms with Crippen LogP contribution < -0.4 is 5.32 Å². The summed E-state index contributed by atoms with van der Waals surface area (Å²) in [5.74, 6) is 0.341. The van der Waals surface area contributed by atoms with Gasteiger partial charge in [-0.15, -0.1) is 11.6 Å². The number of pyridine rings is 1. The Labute approximate surface area is 106 Å². The summed E-state index contributed by atoms with van der Waals surface area (Å²) in [5, 5.41) is 2.87. The lowest BCUT2D eigenvalue weighted by Crippen LogP contribution is -2.38. The molecule has 1 unspecified atom stereocenters. The number of rotatable bonds is 6. The zero-order valence-corrected chi connectivity index (χ0v) is 10.8. The lowest BCUT2D eigenvalue weighted by atomic mass is 10.2. The minimum Gasteiger partial charge on any atom is -0.383 e. The number of hydrogen-bond donors (Lipinski definition) is 1. The molecule has 0 spiro atoms. The fraction of sp³-hybridized carbons (Fsp3) is 0.500. The maximum absolute atomic E-state index is 11.9. The molecule has 1 N–H and O–H groups in total. The van der Waals surface area contributed by atoms with Crippen LogP contribution in [0.25, 0.3) is 0 Å². The first kappa shape index (κ1) is 13.9. The van der Waals surface area contributed by atoms with E-state index < -0.39 is 0 Å². The van der Waals surface area contributed by atoms with Gasteiger partial charge in [-0.1, -0.05) is 0 Å². The Kier molecular flexibility index (Phi) is 5.94. The lowest BCUT2D eigenvalue weighted by molar-refractivity contribution is 0.0894. The molecule has 5 heteroatoms. The van der Waals surface area contributed by atoms with Crippen molar-refractivity contribution >= 4 is 17.5 Å². The number of carbonyl (C=O) groups excluding carboxylic acids is 1. The van der Waals surface area contributed by atoms with Crippen LogP contribution in [0.5, 0.6) is 0 Å². The second kappa shape index (κ2) is 7.25. The smallest absolute Gasteiger partial charge is 0.253 e. The molecule has 1 amide bonds. The molecule has 0 fully saturated rings. The molecule has 0 saturated carbocycles. The van der Waals surface area contributed by atoms with Crippen LogP contribution in [-0.2, 0) is 4.74 Å². The Hall–Kier alpha value is -1.13. The van der Waals surface area contributed by atoms with Crippen molar-refractivity contribution in [3.8, 4) is 0 Å². The van der Waals surface area contributed by atoms with E-state index in [1.807, 2.05) is 6.92 Å². The van der Waals surface area contributed by atoms with Crippen LogP contribution >= 0.6 is 11.6 Å². The van der Waals surface area contributed by atoms with Gasteiger partial charge in [-0.25, -0.2) is 0 Å². The number of ether oxygens (including phenoxy) is 1. The van der Waals surface area contributed by atoms with E-state index in [2.05, 4.69) is 10.3 Å². The normalized spacial score (nSPS) is 12.2. The number of alkyl halides is 1. The molecule has 0 bridgehead atoms. The van der Waals surface area contributed by atoms with Crippen molar-refractivity contribution in [3.05, 3.63) is 29.6 Å². The number of aromatic nitrogens is 1. The van der Waals surface area contributed by atoms with E-state index >= 15 is 0 Å². The summed E-state index contributed by atoms with van der Waals surface area (Å²) in [7, 11) is 1.60. The molecule has 1 atom stereocenters. The van der Waals surface area contributed by atoms with Crippen LogP contribution in [0, 0.1) is 6.92 Å². The van der Waals surface area contributed by atoms with Gasteiger partial charge >= 0.3 is 0 Å². The van der Waals surface area contributed by atoms with E-state index in [4.69, 9.17) is 16.3 Å². The first-order chi connectivity index (χ1) is 8.17. The number of nitrogens with one attached hydrogen (secondary N) is 1. The molecule has 0 saturated heterocycles. The van der Waals surface area contributed by atoms with Gasteiger partial charge in [-0.2, -0.15) is 0 Å². The van der Waals surface area contributed by atoms with Crippen LogP contribution in [0.3, 0.4) is 0 Å². The summed E-state index contributed by atoms with van der Waals surface area (Å²) >= 11 is 5.67. The van der Waals surface area contributed by atoms with Gasteiger partial charge in [0.1, 0.15) is 0 Å². The maximum atomic E-state index is 11.9. The van der Waals surface area contributed by atoms with Crippen LogP contribution in [0.1, 0.15) is 22.3 Å². The topological polar surface area (TPSA) is 51.2 Å². The number of aryl methyl sites for hydroxylation is 1. The van der Waals surface area contributed by atoms with Crippen molar-refractivity contribution in [1.82, 2.24) is 10.3 Å². The van der Waals surface area contributed by atoms with Crippen molar-refractivity contribution in [2.24, 2.45) is 0 Å². The Bertz CT molecular complexity index is 365. The quantitative estimate of drug-likeness (QED) is 0.789. The Morgan fingerprint density at radius 2 is 2.35 bits per heavy atom. The maximum Gasteiger partial charge on any atom is 0.253 e. The molecular formula is C12H17ClN2O2. The first-order valence-corrected chi connectivity index (χ1v) is 5.98. The third kappa shape index (κ3) is 4.71. The summed E-state index contributed by atoms with van der Waals surface area (Å²) in [6.07, 6.45) is 3.94. The predicted molar refractivity (Wildman–Crippen MR) is 67.4 cm³/mol. The zero-order chi connectivity index (χ0) is 12.7. The molecule has 17 heavy (non-hydrogen) atoms. The highest BCUT2D eigenvalue weighted by Crippen LogP contribution is 2.03. The van der Waals surface area contributed by atoms with Gasteiger partial charge in [0, 0.05) is 25.4 Å². The Morgan fingerprint density at radius 1 is 1.59 bits per heavy atom. The van der Waals surface area contributed by atoms with E-state index in [9.17, 15) is 4.79 Å². The summed E-state index contributed by atoms with van der Waals surface area (Å²) < 4.78 is 5.03. The highest BCUT2D eigenvalue weighted by molar-refractivity contribution is 6.17. The van der Waals surface area contributed by atoms with Gasteiger partial charge < -0.3 is 10.1 Å². The molecule has 0 aliphatic heterocycles. The van der Waals surface area contributed by atoms with Crippen molar-refractivity contribution in [3.63, 3.8) is 0 Å². The molecular weight excluding hydrogens is 240 g/mol. The fourth-order valence-corrected chi connectivity index (χ4v) is 1.74. The predicted octanol–water partition coefficient (Wildman–Crippen LogP) is 1.76. The second-order valence-electron chi connectivity index (χ2n) is 3.85. The zero-order valence-electron chi connectivity index (χ0n) is 10.1. The van der Waals surface area contributed by atoms with E-state index in [0.717, 1.165) is 5.56 Å². The van der Waals surface area contributed by atoms with Crippen molar-refractivity contribution in [1.29, 1.82) is 0 Å². The van der Waals surface area contributed by atoms with Crippen LogP contribution in [0.4, 0.5) is 0 Å². The summed E-state index contributed by atoms with van der Waals surface area (Å²) in [6, 6.07) is 1.73. The average molecular weight is 257 g/mol. The molecule has 1 rings (SSSR count). The molecule has 0 aliphatic rings. The van der Waals surface area contributed by atoms with Crippen LogP contribution in [-0.4, -0.2) is 36.5 Å². The molecule has 0 radical (unpaired) electrons. The lowest BCUT2D eigenvalue weighted by Gasteiger charge is -2.16. The number of halogens is 1. The van der Waals surface area contributed by atoms with Crippen molar-refractivity contribution < 1.29 is 9.53 Å². The third-order valence-corrected chi connectivity index (χ3v) is 2.52. The molecule has 1 aromatic rings. The minimum absolute atomic E-state index is 0.0643. The number of nitrogens with zero attached hydrogens (tertiary/aromatic N) is 1.